The van der Waals surface area contributed by atoms with Gasteiger partial charge in [0.25, 0.3) is 0 Å². The number of amides is 1. The van der Waals surface area contributed by atoms with Crippen molar-refractivity contribution in [2.75, 3.05) is 6.79 Å². The van der Waals surface area contributed by atoms with Gasteiger partial charge in [-0.1, -0.05) is 0 Å². The van der Waals surface area contributed by atoms with Gasteiger partial charge in [-0.3, -0.25) is 4.79 Å². The summed E-state index contributed by atoms with van der Waals surface area (Å²) in [5, 5.41) is 4.03. The van der Waals surface area contributed by atoms with Crippen molar-refractivity contribution >= 4 is 12.1 Å². The van der Waals surface area contributed by atoms with Crippen LogP contribution in [-0.4, -0.2) is 23.5 Å². The maximum Gasteiger partial charge on any atom is 0.307 e. The fourth-order valence-electron chi connectivity index (χ4n) is 3.91. The summed E-state index contributed by atoms with van der Waals surface area (Å²) in [6.45, 7) is 6.49. The van der Waals surface area contributed by atoms with Crippen LogP contribution in [0.3, 0.4) is 0 Å². The van der Waals surface area contributed by atoms with Gasteiger partial charge >= 0.3 is 5.91 Å². The van der Waals surface area contributed by atoms with Crippen molar-refractivity contribution < 1.29 is 23.4 Å². The molecule has 1 N–H and O–H groups in total. The number of carbonyl (C=O) groups is 1. The number of rotatable bonds is 7. The lowest BCUT2D eigenvalue weighted by molar-refractivity contribution is 0.0923. The molecule has 8 nitrogen and oxygen atoms in total. The van der Waals surface area contributed by atoms with Gasteiger partial charge in [-0.2, -0.15) is 5.10 Å². The Morgan fingerprint density at radius 3 is 2.46 bits per heavy atom. The van der Waals surface area contributed by atoms with Crippen molar-refractivity contribution in [3.05, 3.63) is 94.7 Å². The van der Waals surface area contributed by atoms with Crippen LogP contribution < -0.4 is 19.6 Å². The number of fused-ring (bicyclic) bond motifs is 1. The Bertz CT molecular complexity index is 1380. The molecule has 0 radical (unpaired) electrons. The molecule has 0 bridgehead atoms. The number of furan rings is 1. The normalized spacial score (nSPS) is 12.3. The lowest BCUT2D eigenvalue weighted by atomic mass is 10.1. The first kappa shape index (κ1) is 22.3. The van der Waals surface area contributed by atoms with E-state index in [-0.39, 0.29) is 19.2 Å². The van der Waals surface area contributed by atoms with Crippen LogP contribution in [0.2, 0.25) is 0 Å². The van der Waals surface area contributed by atoms with Crippen LogP contribution in [0.1, 0.15) is 38.8 Å². The highest BCUT2D eigenvalue weighted by Gasteiger charge is 2.15. The van der Waals surface area contributed by atoms with Gasteiger partial charge in [-0.15, -0.1) is 0 Å². The molecule has 2 aromatic carbocycles. The van der Waals surface area contributed by atoms with Crippen LogP contribution in [-0.2, 0) is 6.61 Å². The van der Waals surface area contributed by atoms with E-state index >= 15 is 0 Å². The standard InChI is InChI=1S/C27H25N3O5/c1-17-12-25-26(34-16-33-25)13-20(17)14-28-29-27(31)24-11-10-23(35-24)15-32-22-8-6-21(7-9-22)30-18(2)4-5-19(30)3/h4-14H,15-16H2,1-3H3,(H,29,31). The Balaban J connectivity index is 1.16. The predicted octanol–water partition coefficient (Wildman–Crippen LogP) is 5.07. The average Bonchev–Trinajstić information content (AvgIpc) is 3.58. The zero-order valence-electron chi connectivity index (χ0n) is 19.7. The summed E-state index contributed by atoms with van der Waals surface area (Å²) in [5.41, 5.74) is 7.67. The Morgan fingerprint density at radius 2 is 1.71 bits per heavy atom. The van der Waals surface area contributed by atoms with E-state index < -0.39 is 5.91 Å². The van der Waals surface area contributed by atoms with Crippen LogP contribution in [0.15, 0.2) is 70.2 Å². The number of nitrogens with one attached hydrogen (secondary N) is 1. The fourth-order valence-corrected chi connectivity index (χ4v) is 3.91. The fraction of sp³-hybridized carbons (Fsp3) is 0.185. The number of hydrazone groups is 1. The summed E-state index contributed by atoms with van der Waals surface area (Å²) in [6.07, 6.45) is 1.56. The molecular weight excluding hydrogens is 446 g/mol. The van der Waals surface area contributed by atoms with Gasteiger partial charge in [0.2, 0.25) is 6.79 Å². The summed E-state index contributed by atoms with van der Waals surface area (Å²) in [6, 6.07) is 19.0. The summed E-state index contributed by atoms with van der Waals surface area (Å²) in [5.74, 6) is 2.30. The second-order valence-electron chi connectivity index (χ2n) is 8.26. The van der Waals surface area contributed by atoms with Crippen LogP contribution >= 0.6 is 0 Å². The van der Waals surface area contributed by atoms with Crippen molar-refractivity contribution in [1.29, 1.82) is 0 Å². The summed E-state index contributed by atoms with van der Waals surface area (Å²) < 4.78 is 24.4. The highest BCUT2D eigenvalue weighted by atomic mass is 16.7. The first-order chi connectivity index (χ1) is 17.0. The van der Waals surface area contributed by atoms with E-state index in [1.54, 1.807) is 18.3 Å². The van der Waals surface area contributed by atoms with E-state index in [0.29, 0.717) is 23.0 Å². The van der Waals surface area contributed by atoms with Gasteiger partial charge in [0.1, 0.15) is 18.1 Å². The van der Waals surface area contributed by atoms with Crippen molar-refractivity contribution in [3.8, 4) is 22.9 Å². The van der Waals surface area contributed by atoms with Crippen LogP contribution in [0.4, 0.5) is 0 Å². The molecule has 1 amide bonds. The zero-order valence-corrected chi connectivity index (χ0v) is 19.7. The summed E-state index contributed by atoms with van der Waals surface area (Å²) >= 11 is 0. The number of ether oxygens (including phenoxy) is 3. The maximum atomic E-state index is 12.4. The molecule has 0 saturated heterocycles. The van der Waals surface area contributed by atoms with Gasteiger partial charge < -0.3 is 23.2 Å². The third kappa shape index (κ3) is 4.77. The number of aromatic nitrogens is 1. The molecule has 0 unspecified atom stereocenters. The van der Waals surface area contributed by atoms with Crippen LogP contribution in [0.5, 0.6) is 17.2 Å². The molecule has 0 spiro atoms. The number of aryl methyl sites for hydroxylation is 3. The SMILES string of the molecule is Cc1cc2c(cc1C=NNC(=O)c1ccc(COc3ccc(-n4c(C)ccc4C)cc3)o1)OCO2. The molecule has 0 aliphatic carbocycles. The molecule has 1 aliphatic heterocycles. The number of benzene rings is 2. The zero-order chi connectivity index (χ0) is 24.4. The van der Waals surface area contributed by atoms with E-state index in [4.69, 9.17) is 18.6 Å². The Hall–Kier alpha value is -4.46. The Morgan fingerprint density at radius 1 is 1.00 bits per heavy atom. The first-order valence-electron chi connectivity index (χ1n) is 11.2. The molecule has 0 atom stereocenters. The quantitative estimate of drug-likeness (QED) is 0.300. The second kappa shape index (κ2) is 9.42. The molecule has 8 heteroatoms. The van der Waals surface area contributed by atoms with Crippen molar-refractivity contribution in [1.82, 2.24) is 9.99 Å². The van der Waals surface area contributed by atoms with E-state index in [1.807, 2.05) is 43.3 Å². The van der Waals surface area contributed by atoms with Crippen LogP contribution in [0, 0.1) is 20.8 Å². The molecule has 0 fully saturated rings. The second-order valence-corrected chi connectivity index (χ2v) is 8.26. The minimum Gasteiger partial charge on any atom is -0.486 e. The summed E-state index contributed by atoms with van der Waals surface area (Å²) in [7, 11) is 0. The van der Waals surface area contributed by atoms with Crippen molar-refractivity contribution in [3.63, 3.8) is 0 Å². The molecule has 0 saturated carbocycles. The lowest BCUT2D eigenvalue weighted by Crippen LogP contribution is -2.16. The minimum atomic E-state index is -0.451. The highest BCUT2D eigenvalue weighted by molar-refractivity contribution is 5.92. The first-order valence-corrected chi connectivity index (χ1v) is 11.2. The van der Waals surface area contributed by atoms with E-state index in [9.17, 15) is 4.79 Å². The highest BCUT2D eigenvalue weighted by Crippen LogP contribution is 2.34. The molecule has 178 valence electrons. The Labute approximate surface area is 202 Å². The molecule has 35 heavy (non-hydrogen) atoms. The van der Waals surface area contributed by atoms with Gasteiger partial charge in [0.15, 0.2) is 17.3 Å². The number of carbonyl (C=O) groups excluding carboxylic acids is 1. The van der Waals surface area contributed by atoms with Crippen LogP contribution in [0.25, 0.3) is 5.69 Å². The Kier molecular flexibility index (Phi) is 6.01. The van der Waals surface area contributed by atoms with Crippen molar-refractivity contribution in [2.45, 2.75) is 27.4 Å². The number of nitrogens with zero attached hydrogens (tertiary/aromatic N) is 2. The monoisotopic (exact) mass is 471 g/mol. The molecule has 1 aliphatic rings. The summed E-state index contributed by atoms with van der Waals surface area (Å²) in [4.78, 5) is 12.4. The maximum absolute atomic E-state index is 12.4. The largest absolute Gasteiger partial charge is 0.486 e. The van der Waals surface area contributed by atoms with E-state index in [1.165, 1.54) is 11.4 Å². The number of hydrogen-bond donors (Lipinski definition) is 1. The van der Waals surface area contributed by atoms with E-state index in [2.05, 4.69) is 41.1 Å². The van der Waals surface area contributed by atoms with Crippen molar-refractivity contribution in [2.24, 2.45) is 5.10 Å². The molecule has 5 rings (SSSR count). The predicted molar refractivity (Wildman–Crippen MR) is 131 cm³/mol. The lowest BCUT2D eigenvalue weighted by Gasteiger charge is -2.10. The smallest absolute Gasteiger partial charge is 0.307 e. The topological polar surface area (TPSA) is 87.2 Å². The van der Waals surface area contributed by atoms with Gasteiger partial charge in [-0.05, 0) is 87.0 Å². The van der Waals surface area contributed by atoms with Gasteiger partial charge in [0.05, 0.1) is 6.21 Å². The molecular formula is C27H25N3O5. The minimum absolute atomic E-state index is 0.150. The molecule has 3 heterocycles. The average molecular weight is 472 g/mol. The third-order valence-corrected chi connectivity index (χ3v) is 5.76. The number of hydrogen-bond acceptors (Lipinski definition) is 6. The molecule has 4 aromatic rings. The van der Waals surface area contributed by atoms with E-state index in [0.717, 1.165) is 16.8 Å². The molecule has 2 aromatic heterocycles. The van der Waals surface area contributed by atoms with Gasteiger partial charge in [-0.25, -0.2) is 5.43 Å². The van der Waals surface area contributed by atoms with Gasteiger partial charge in [0, 0.05) is 22.6 Å². The third-order valence-electron chi connectivity index (χ3n) is 5.76.